The van der Waals surface area contributed by atoms with Crippen molar-refractivity contribution in [3.05, 3.63) is 71.5 Å². The minimum absolute atomic E-state index is 0.740. The van der Waals surface area contributed by atoms with E-state index in [4.69, 9.17) is 11.6 Å². The fourth-order valence-corrected chi connectivity index (χ4v) is 2.97. The third kappa shape index (κ3) is 3.09. The largest absolute Gasteiger partial charge is 0.260 e. The Labute approximate surface area is 121 Å². The maximum absolute atomic E-state index is 5.96. The van der Waals surface area contributed by atoms with E-state index in [1.165, 1.54) is 15.7 Å². The van der Waals surface area contributed by atoms with Gasteiger partial charge in [-0.15, -0.1) is 11.8 Å². The van der Waals surface area contributed by atoms with Crippen molar-refractivity contribution in [3.63, 3.8) is 0 Å². The number of aromatic nitrogens is 1. The summed E-state index contributed by atoms with van der Waals surface area (Å²) >= 11 is 7.73. The smallest absolute Gasteiger partial charge is 0.0521 e. The molecule has 0 aliphatic carbocycles. The van der Waals surface area contributed by atoms with Crippen molar-refractivity contribution in [2.45, 2.75) is 10.6 Å². The predicted molar refractivity (Wildman–Crippen MR) is 82.8 cm³/mol. The molecule has 0 amide bonds. The summed E-state index contributed by atoms with van der Waals surface area (Å²) in [6, 6.07) is 18.6. The third-order valence-electron chi connectivity index (χ3n) is 2.89. The van der Waals surface area contributed by atoms with Crippen molar-refractivity contribution >= 4 is 34.1 Å². The van der Waals surface area contributed by atoms with Crippen molar-refractivity contribution in [2.24, 2.45) is 0 Å². The van der Waals surface area contributed by atoms with Gasteiger partial charge < -0.3 is 0 Å². The SMILES string of the molecule is Clc1ccnc(CSc2ccc3ccccc3c2)c1. The van der Waals surface area contributed by atoms with Gasteiger partial charge in [0.15, 0.2) is 0 Å². The van der Waals surface area contributed by atoms with E-state index in [0.717, 1.165) is 16.5 Å². The van der Waals surface area contributed by atoms with Crippen LogP contribution in [0.25, 0.3) is 10.8 Å². The zero-order valence-corrected chi connectivity index (χ0v) is 11.8. The summed E-state index contributed by atoms with van der Waals surface area (Å²) in [4.78, 5) is 5.56. The van der Waals surface area contributed by atoms with Crippen LogP contribution in [0.4, 0.5) is 0 Å². The highest BCUT2D eigenvalue weighted by Gasteiger charge is 2.00. The van der Waals surface area contributed by atoms with E-state index < -0.39 is 0 Å². The summed E-state index contributed by atoms with van der Waals surface area (Å²) in [5.74, 6) is 0.832. The van der Waals surface area contributed by atoms with Crippen molar-refractivity contribution in [1.82, 2.24) is 4.98 Å². The lowest BCUT2D eigenvalue weighted by molar-refractivity contribution is 1.17. The van der Waals surface area contributed by atoms with Gasteiger partial charge in [0.25, 0.3) is 0 Å². The fourth-order valence-electron chi connectivity index (χ4n) is 1.94. The van der Waals surface area contributed by atoms with Crippen LogP contribution < -0.4 is 0 Å². The molecular weight excluding hydrogens is 274 g/mol. The molecule has 0 bridgehead atoms. The summed E-state index contributed by atoms with van der Waals surface area (Å²) < 4.78 is 0. The number of thioether (sulfide) groups is 1. The molecule has 0 atom stereocenters. The number of nitrogens with zero attached hydrogens (tertiary/aromatic N) is 1. The lowest BCUT2D eigenvalue weighted by atomic mass is 10.1. The first-order chi connectivity index (χ1) is 9.31. The second-order valence-corrected chi connectivity index (χ2v) is 5.75. The van der Waals surface area contributed by atoms with Crippen LogP contribution in [-0.2, 0) is 5.75 Å². The Bertz CT molecular complexity index is 712. The molecule has 3 rings (SSSR count). The second kappa shape index (κ2) is 5.64. The molecule has 0 aliphatic rings. The summed E-state index contributed by atoms with van der Waals surface area (Å²) in [6.07, 6.45) is 1.75. The molecule has 3 aromatic rings. The lowest BCUT2D eigenvalue weighted by Gasteiger charge is -2.04. The zero-order chi connectivity index (χ0) is 13.1. The second-order valence-electron chi connectivity index (χ2n) is 4.26. The van der Waals surface area contributed by atoms with E-state index in [0.29, 0.717) is 0 Å². The molecule has 94 valence electrons. The maximum atomic E-state index is 5.96. The Kier molecular flexibility index (Phi) is 3.72. The van der Waals surface area contributed by atoms with Crippen LogP contribution in [0.15, 0.2) is 65.7 Å². The van der Waals surface area contributed by atoms with E-state index >= 15 is 0 Å². The first-order valence-corrected chi connectivity index (χ1v) is 7.40. The first-order valence-electron chi connectivity index (χ1n) is 6.03. The van der Waals surface area contributed by atoms with Crippen LogP contribution in [0.2, 0.25) is 5.02 Å². The highest BCUT2D eigenvalue weighted by Crippen LogP contribution is 2.26. The van der Waals surface area contributed by atoms with Gasteiger partial charge in [0, 0.05) is 21.9 Å². The van der Waals surface area contributed by atoms with Crippen molar-refractivity contribution < 1.29 is 0 Å². The summed E-state index contributed by atoms with van der Waals surface area (Å²) in [5.41, 5.74) is 1.01. The molecule has 0 spiro atoms. The molecule has 0 unspecified atom stereocenters. The lowest BCUT2D eigenvalue weighted by Crippen LogP contribution is -1.85. The molecule has 0 saturated carbocycles. The quantitative estimate of drug-likeness (QED) is 0.615. The van der Waals surface area contributed by atoms with Gasteiger partial charge in [0.05, 0.1) is 5.69 Å². The highest BCUT2D eigenvalue weighted by atomic mass is 35.5. The topological polar surface area (TPSA) is 12.9 Å². The molecule has 0 radical (unpaired) electrons. The number of hydrogen-bond donors (Lipinski definition) is 0. The molecule has 19 heavy (non-hydrogen) atoms. The Morgan fingerprint density at radius 3 is 2.63 bits per heavy atom. The normalized spacial score (nSPS) is 10.8. The number of benzene rings is 2. The molecule has 1 aromatic heterocycles. The van der Waals surface area contributed by atoms with Crippen molar-refractivity contribution in [2.75, 3.05) is 0 Å². The van der Waals surface area contributed by atoms with E-state index in [1.54, 1.807) is 24.0 Å². The van der Waals surface area contributed by atoms with Gasteiger partial charge in [0.1, 0.15) is 0 Å². The molecule has 3 heteroatoms. The van der Waals surface area contributed by atoms with Crippen LogP contribution in [0.1, 0.15) is 5.69 Å². The monoisotopic (exact) mass is 285 g/mol. The van der Waals surface area contributed by atoms with Crippen LogP contribution in [-0.4, -0.2) is 4.98 Å². The number of halogens is 1. The van der Waals surface area contributed by atoms with Crippen LogP contribution in [0, 0.1) is 0 Å². The van der Waals surface area contributed by atoms with E-state index in [9.17, 15) is 0 Å². The zero-order valence-electron chi connectivity index (χ0n) is 10.2. The molecule has 0 N–H and O–H groups in total. The molecule has 0 fully saturated rings. The number of pyridine rings is 1. The Hall–Kier alpha value is -1.51. The number of fused-ring (bicyclic) bond motifs is 1. The standard InChI is InChI=1S/C16H12ClNS/c17-14-7-8-18-15(10-14)11-19-16-6-5-12-3-1-2-4-13(12)9-16/h1-10H,11H2. The molecule has 0 saturated heterocycles. The molecule has 0 aliphatic heterocycles. The average molecular weight is 286 g/mol. The van der Waals surface area contributed by atoms with Crippen molar-refractivity contribution in [1.29, 1.82) is 0 Å². The highest BCUT2D eigenvalue weighted by molar-refractivity contribution is 7.98. The predicted octanol–water partition coefficient (Wildman–Crippen LogP) is 5.18. The van der Waals surface area contributed by atoms with E-state index in [2.05, 4.69) is 47.4 Å². The van der Waals surface area contributed by atoms with Crippen LogP contribution >= 0.6 is 23.4 Å². The first kappa shape index (κ1) is 12.5. The molecule has 1 nitrogen and oxygen atoms in total. The maximum Gasteiger partial charge on any atom is 0.0521 e. The summed E-state index contributed by atoms with van der Waals surface area (Å²) in [7, 11) is 0. The Balaban J connectivity index is 1.78. The number of hydrogen-bond acceptors (Lipinski definition) is 2. The van der Waals surface area contributed by atoms with Crippen LogP contribution in [0.5, 0.6) is 0 Å². The van der Waals surface area contributed by atoms with Gasteiger partial charge in [-0.2, -0.15) is 0 Å². The van der Waals surface area contributed by atoms with Crippen LogP contribution in [0.3, 0.4) is 0 Å². The van der Waals surface area contributed by atoms with Gasteiger partial charge in [-0.25, -0.2) is 0 Å². The van der Waals surface area contributed by atoms with Gasteiger partial charge in [-0.3, -0.25) is 4.98 Å². The minimum atomic E-state index is 0.740. The third-order valence-corrected chi connectivity index (χ3v) is 4.15. The van der Waals surface area contributed by atoms with E-state index in [1.807, 2.05) is 6.07 Å². The Morgan fingerprint density at radius 1 is 0.947 bits per heavy atom. The van der Waals surface area contributed by atoms with Gasteiger partial charge in [-0.05, 0) is 35.0 Å². The van der Waals surface area contributed by atoms with Crippen molar-refractivity contribution in [3.8, 4) is 0 Å². The fraction of sp³-hybridized carbons (Fsp3) is 0.0625. The van der Waals surface area contributed by atoms with Gasteiger partial charge in [0.2, 0.25) is 0 Å². The minimum Gasteiger partial charge on any atom is -0.260 e. The summed E-state index contributed by atoms with van der Waals surface area (Å²) in [5, 5.41) is 3.28. The molecule has 2 aromatic carbocycles. The van der Waals surface area contributed by atoms with E-state index in [-0.39, 0.29) is 0 Å². The molecule has 1 heterocycles. The van der Waals surface area contributed by atoms with Gasteiger partial charge in [-0.1, -0.05) is 41.9 Å². The Morgan fingerprint density at radius 2 is 1.79 bits per heavy atom. The summed E-state index contributed by atoms with van der Waals surface area (Å²) in [6.45, 7) is 0. The number of rotatable bonds is 3. The average Bonchev–Trinajstić information content (AvgIpc) is 2.45. The molecular formula is C16H12ClNS. The van der Waals surface area contributed by atoms with Gasteiger partial charge >= 0.3 is 0 Å².